The average Bonchev–Trinajstić information content (AvgIpc) is 2.58. The third-order valence-electron chi connectivity index (χ3n) is 3.26. The number of halogens is 2. The molecule has 0 atom stereocenters. The highest BCUT2D eigenvalue weighted by Crippen LogP contribution is 2.17. The Bertz CT molecular complexity index is 943. The smallest absolute Gasteiger partial charge is 0.321 e. The number of aryl methyl sites for hydroxylation is 1. The summed E-state index contributed by atoms with van der Waals surface area (Å²) in [6.45, 7) is 0.288. The molecule has 0 aromatic heterocycles. The molecule has 0 fully saturated rings. The van der Waals surface area contributed by atoms with E-state index < -0.39 is 51.6 Å². The molecule has 0 aliphatic carbocycles. The second-order valence-electron chi connectivity index (χ2n) is 5.45. The van der Waals surface area contributed by atoms with Crippen LogP contribution in [0, 0.1) is 18.6 Å². The highest BCUT2D eigenvalue weighted by molar-refractivity contribution is 7.89. The number of carbonyl (C=O) groups is 2. The molecule has 0 unspecified atom stereocenters. The zero-order chi connectivity index (χ0) is 20.0. The fourth-order valence-corrected chi connectivity index (χ4v) is 3.18. The van der Waals surface area contributed by atoms with Gasteiger partial charge in [-0.15, -0.1) is 0 Å². The molecule has 0 spiro atoms. The van der Waals surface area contributed by atoms with Gasteiger partial charge in [-0.25, -0.2) is 17.2 Å². The molecule has 0 radical (unpaired) electrons. The minimum Gasteiger partial charge on any atom is -0.455 e. The van der Waals surface area contributed by atoms with Gasteiger partial charge in [-0.05, 0) is 36.8 Å². The maximum atomic E-state index is 13.5. The number of sulfonamides is 1. The van der Waals surface area contributed by atoms with Crippen molar-refractivity contribution in [3.8, 4) is 0 Å². The lowest BCUT2D eigenvalue weighted by atomic mass is 10.2. The highest BCUT2D eigenvalue weighted by Gasteiger charge is 2.24. The summed E-state index contributed by atoms with van der Waals surface area (Å²) in [7, 11) is -4.61. The van der Waals surface area contributed by atoms with Crippen molar-refractivity contribution in [2.75, 3.05) is 18.5 Å². The predicted molar refractivity (Wildman–Crippen MR) is 92.3 cm³/mol. The molecule has 0 saturated heterocycles. The lowest BCUT2D eigenvalue weighted by molar-refractivity contribution is -0.146. The van der Waals surface area contributed by atoms with Crippen molar-refractivity contribution in [1.29, 1.82) is 0 Å². The van der Waals surface area contributed by atoms with Gasteiger partial charge in [0.25, 0.3) is 5.91 Å². The van der Waals surface area contributed by atoms with Crippen molar-refractivity contribution >= 4 is 27.6 Å². The maximum absolute atomic E-state index is 13.5. The molecule has 1 amide bonds. The van der Waals surface area contributed by atoms with Crippen molar-refractivity contribution in [3.63, 3.8) is 0 Å². The number of hydrogen-bond acceptors (Lipinski definition) is 5. The van der Waals surface area contributed by atoms with Crippen LogP contribution in [0.25, 0.3) is 0 Å². The molecule has 0 saturated carbocycles. The summed E-state index contributed by atoms with van der Waals surface area (Å²) in [6, 6.07) is 9.45. The summed E-state index contributed by atoms with van der Waals surface area (Å²) < 4.78 is 57.2. The molecule has 0 aliphatic rings. The molecule has 2 aromatic rings. The van der Waals surface area contributed by atoms with Crippen LogP contribution in [0.2, 0.25) is 0 Å². The topological polar surface area (TPSA) is 102 Å². The minimum absolute atomic E-state index is 0.506. The number of rotatable bonds is 7. The third kappa shape index (κ3) is 5.83. The van der Waals surface area contributed by atoms with Crippen molar-refractivity contribution in [1.82, 2.24) is 4.72 Å². The van der Waals surface area contributed by atoms with Crippen LogP contribution >= 0.6 is 0 Å². The fraction of sp³-hybridized carbons (Fsp3) is 0.176. The van der Waals surface area contributed by atoms with E-state index >= 15 is 0 Å². The van der Waals surface area contributed by atoms with Gasteiger partial charge < -0.3 is 10.1 Å². The first kappa shape index (κ1) is 20.5. The molecule has 0 heterocycles. The molecule has 27 heavy (non-hydrogen) atoms. The molecule has 7 nitrogen and oxygen atoms in total. The number of ether oxygens (including phenoxy) is 1. The average molecular weight is 398 g/mol. The van der Waals surface area contributed by atoms with Gasteiger partial charge in [0, 0.05) is 5.69 Å². The van der Waals surface area contributed by atoms with E-state index in [0.717, 1.165) is 23.8 Å². The SMILES string of the molecule is Cc1cccc(NC(=O)COC(=O)CNS(=O)(=O)c2c(F)cccc2F)c1. The minimum atomic E-state index is -4.61. The summed E-state index contributed by atoms with van der Waals surface area (Å²) in [6.07, 6.45) is 0. The van der Waals surface area contributed by atoms with E-state index in [1.165, 1.54) is 0 Å². The van der Waals surface area contributed by atoms with Crippen LogP contribution in [0.4, 0.5) is 14.5 Å². The standard InChI is InChI=1S/C17H16F2N2O5S/c1-11-4-2-5-12(8-11)21-15(22)10-26-16(23)9-20-27(24,25)17-13(18)6-3-7-14(17)19/h2-8,20H,9-10H2,1H3,(H,21,22). The van der Waals surface area contributed by atoms with E-state index in [4.69, 9.17) is 0 Å². The largest absolute Gasteiger partial charge is 0.455 e. The molecule has 2 N–H and O–H groups in total. The molecule has 2 rings (SSSR count). The molecule has 10 heteroatoms. The monoisotopic (exact) mass is 398 g/mol. The van der Waals surface area contributed by atoms with Crippen molar-refractivity contribution < 1.29 is 31.5 Å². The Labute approximate surface area is 154 Å². The summed E-state index contributed by atoms with van der Waals surface area (Å²) in [5, 5.41) is 2.50. The van der Waals surface area contributed by atoms with E-state index in [2.05, 4.69) is 10.1 Å². The number of amides is 1. The zero-order valence-electron chi connectivity index (χ0n) is 14.2. The molecular formula is C17H16F2N2O5S. The quantitative estimate of drug-likeness (QED) is 0.692. The lowest BCUT2D eigenvalue weighted by Crippen LogP contribution is -2.33. The first-order valence-electron chi connectivity index (χ1n) is 7.65. The first-order chi connectivity index (χ1) is 12.7. The van der Waals surface area contributed by atoms with Gasteiger partial charge >= 0.3 is 5.97 Å². The first-order valence-corrected chi connectivity index (χ1v) is 9.13. The summed E-state index contributed by atoms with van der Waals surface area (Å²) in [5.41, 5.74) is 1.42. The Morgan fingerprint density at radius 3 is 2.33 bits per heavy atom. The Morgan fingerprint density at radius 1 is 1.07 bits per heavy atom. The molecule has 2 aromatic carbocycles. The fourth-order valence-electron chi connectivity index (χ4n) is 2.08. The number of hydrogen-bond donors (Lipinski definition) is 2. The second-order valence-corrected chi connectivity index (χ2v) is 7.16. The number of carbonyl (C=O) groups excluding carboxylic acids is 2. The Hall–Kier alpha value is -2.85. The zero-order valence-corrected chi connectivity index (χ0v) is 15.0. The van der Waals surface area contributed by atoms with Gasteiger partial charge in [0.2, 0.25) is 10.0 Å². The van der Waals surface area contributed by atoms with E-state index in [9.17, 15) is 26.8 Å². The molecule has 0 bridgehead atoms. The van der Waals surface area contributed by atoms with Crippen LogP contribution in [0.1, 0.15) is 5.56 Å². The summed E-state index contributed by atoms with van der Waals surface area (Å²) in [4.78, 5) is 22.1. The van der Waals surface area contributed by atoms with E-state index in [1.807, 2.05) is 13.0 Å². The molecule has 144 valence electrons. The van der Waals surface area contributed by atoms with E-state index in [1.54, 1.807) is 22.9 Å². The lowest BCUT2D eigenvalue weighted by Gasteiger charge is -2.09. The van der Waals surface area contributed by atoms with Crippen LogP contribution < -0.4 is 10.0 Å². The van der Waals surface area contributed by atoms with Crippen LogP contribution in [0.5, 0.6) is 0 Å². The highest BCUT2D eigenvalue weighted by atomic mass is 32.2. The molecular weight excluding hydrogens is 382 g/mol. The van der Waals surface area contributed by atoms with Gasteiger partial charge in [0.1, 0.15) is 18.2 Å². The van der Waals surface area contributed by atoms with Gasteiger partial charge in [-0.1, -0.05) is 18.2 Å². The molecule has 0 aliphatic heterocycles. The van der Waals surface area contributed by atoms with Crippen molar-refractivity contribution in [3.05, 3.63) is 59.7 Å². The number of benzene rings is 2. The van der Waals surface area contributed by atoms with Crippen molar-refractivity contribution in [2.45, 2.75) is 11.8 Å². The third-order valence-corrected chi connectivity index (χ3v) is 4.71. The van der Waals surface area contributed by atoms with Gasteiger partial charge in [-0.2, -0.15) is 4.72 Å². The second kappa shape index (κ2) is 8.69. The maximum Gasteiger partial charge on any atom is 0.321 e. The van der Waals surface area contributed by atoms with Crippen LogP contribution in [-0.2, 0) is 24.3 Å². The number of anilines is 1. The Balaban J connectivity index is 1.86. The summed E-state index contributed by atoms with van der Waals surface area (Å²) in [5.74, 6) is -4.31. The van der Waals surface area contributed by atoms with Crippen LogP contribution in [-0.4, -0.2) is 33.4 Å². The number of esters is 1. The Morgan fingerprint density at radius 2 is 1.70 bits per heavy atom. The van der Waals surface area contributed by atoms with E-state index in [0.29, 0.717) is 5.69 Å². The van der Waals surface area contributed by atoms with Crippen molar-refractivity contribution in [2.24, 2.45) is 0 Å². The predicted octanol–water partition coefficient (Wildman–Crippen LogP) is 1.73. The van der Waals surface area contributed by atoms with E-state index in [-0.39, 0.29) is 0 Å². The van der Waals surface area contributed by atoms with Gasteiger partial charge in [0.15, 0.2) is 11.5 Å². The van der Waals surface area contributed by atoms with Gasteiger partial charge in [-0.3, -0.25) is 9.59 Å². The Kier molecular flexibility index (Phi) is 6.59. The van der Waals surface area contributed by atoms with Crippen LogP contribution in [0.15, 0.2) is 47.4 Å². The number of nitrogens with one attached hydrogen (secondary N) is 2. The summed E-state index contributed by atoms with van der Waals surface area (Å²) >= 11 is 0. The van der Waals surface area contributed by atoms with Gasteiger partial charge in [0.05, 0.1) is 0 Å². The van der Waals surface area contributed by atoms with Crippen LogP contribution in [0.3, 0.4) is 0 Å². The normalized spacial score (nSPS) is 11.1.